The molecule has 3 rings (SSSR count). The van der Waals surface area contributed by atoms with Crippen LogP contribution in [0.4, 0.5) is 17.1 Å². The summed E-state index contributed by atoms with van der Waals surface area (Å²) in [5, 5.41) is 25.3. The lowest BCUT2D eigenvalue weighted by molar-refractivity contribution is -0.395. The highest BCUT2D eigenvalue weighted by molar-refractivity contribution is 6.30. The van der Waals surface area contributed by atoms with Gasteiger partial charge in [0.25, 0.3) is 5.75 Å². The van der Waals surface area contributed by atoms with Crippen LogP contribution < -0.4 is 10.1 Å². The van der Waals surface area contributed by atoms with Crippen molar-refractivity contribution in [3.05, 3.63) is 85.6 Å². The number of carbonyl (C=O) groups is 1. The number of hydrogen-bond donors (Lipinski definition) is 1. The maximum Gasteiger partial charge on any atom is 0.320 e. The summed E-state index contributed by atoms with van der Waals surface area (Å²) in [6, 6.07) is 12.3. The monoisotopic (exact) mass is 443 g/mol. The van der Waals surface area contributed by atoms with Crippen LogP contribution in [0, 0.1) is 20.2 Å². The summed E-state index contributed by atoms with van der Waals surface area (Å²) in [7, 11) is 1.08. The lowest BCUT2D eigenvalue weighted by Gasteiger charge is -2.06. The number of hydrogen-bond acceptors (Lipinski definition) is 7. The highest BCUT2D eigenvalue weighted by atomic mass is 35.5. The Morgan fingerprint density at radius 3 is 2.23 bits per heavy atom. The van der Waals surface area contributed by atoms with E-state index in [1.807, 2.05) is 0 Å². The van der Waals surface area contributed by atoms with Crippen LogP contribution in [0.25, 0.3) is 17.4 Å². The van der Waals surface area contributed by atoms with Crippen LogP contribution in [0.3, 0.4) is 0 Å². The minimum Gasteiger partial charge on any atom is -0.485 e. The van der Waals surface area contributed by atoms with Crippen molar-refractivity contribution in [2.24, 2.45) is 0 Å². The van der Waals surface area contributed by atoms with Crippen molar-refractivity contribution in [3.63, 3.8) is 0 Å². The molecule has 1 amide bonds. The standard InChI is InChI=1S/C20H14ClN3O7/c1-30-20-16(23(26)27)10-14(11-17(20)24(28)29)22-19(25)9-7-15-6-8-18(31-15)12-2-4-13(21)5-3-12/h2-11H,1H3,(H,22,25)/b9-7+. The van der Waals surface area contributed by atoms with Gasteiger partial charge in [-0.15, -0.1) is 0 Å². The van der Waals surface area contributed by atoms with Crippen LogP contribution in [0.15, 0.2) is 59.0 Å². The number of methoxy groups -OCH3 is 1. The Morgan fingerprint density at radius 1 is 1.06 bits per heavy atom. The Labute approximate surface area is 180 Å². The summed E-state index contributed by atoms with van der Waals surface area (Å²) in [4.78, 5) is 32.9. The van der Waals surface area contributed by atoms with Gasteiger partial charge in [-0.1, -0.05) is 11.6 Å². The number of anilines is 1. The fraction of sp³-hybridized carbons (Fsp3) is 0.0500. The molecule has 0 aliphatic rings. The molecule has 0 atom stereocenters. The molecular formula is C20H14ClN3O7. The number of amides is 1. The van der Waals surface area contributed by atoms with Gasteiger partial charge in [-0.3, -0.25) is 25.0 Å². The lowest BCUT2D eigenvalue weighted by Crippen LogP contribution is -2.09. The zero-order chi connectivity index (χ0) is 22.5. The molecule has 158 valence electrons. The number of furan rings is 1. The van der Waals surface area contributed by atoms with Gasteiger partial charge in [-0.05, 0) is 42.5 Å². The highest BCUT2D eigenvalue weighted by Gasteiger charge is 2.28. The smallest absolute Gasteiger partial charge is 0.320 e. The van der Waals surface area contributed by atoms with E-state index in [4.69, 9.17) is 20.8 Å². The number of nitrogens with zero attached hydrogens (tertiary/aromatic N) is 2. The number of nitro groups is 2. The zero-order valence-electron chi connectivity index (χ0n) is 15.9. The minimum atomic E-state index is -0.835. The molecule has 1 aromatic heterocycles. The second-order valence-corrected chi connectivity index (χ2v) is 6.53. The quantitative estimate of drug-likeness (QED) is 0.305. The molecule has 10 nitrogen and oxygen atoms in total. The first-order valence-corrected chi connectivity index (χ1v) is 9.02. The maximum absolute atomic E-state index is 12.2. The molecule has 11 heteroatoms. The first kappa shape index (κ1) is 21.5. The summed E-state index contributed by atoms with van der Waals surface area (Å²) in [5.74, 6) is -0.225. The molecule has 1 N–H and O–H groups in total. The van der Waals surface area contributed by atoms with E-state index in [1.54, 1.807) is 36.4 Å². The first-order chi connectivity index (χ1) is 14.8. The number of benzene rings is 2. The summed E-state index contributed by atoms with van der Waals surface area (Å²) in [5.41, 5.74) is -0.620. The summed E-state index contributed by atoms with van der Waals surface area (Å²) in [6.07, 6.45) is 2.52. The van der Waals surface area contributed by atoms with Gasteiger partial charge in [0.2, 0.25) is 5.91 Å². The van der Waals surface area contributed by atoms with Crippen molar-refractivity contribution in [1.82, 2.24) is 0 Å². The molecule has 0 aliphatic heterocycles. The van der Waals surface area contributed by atoms with Crippen molar-refractivity contribution in [1.29, 1.82) is 0 Å². The third-order valence-corrected chi connectivity index (χ3v) is 4.32. The molecule has 0 unspecified atom stereocenters. The van der Waals surface area contributed by atoms with Gasteiger partial charge in [-0.25, -0.2) is 0 Å². The van der Waals surface area contributed by atoms with Gasteiger partial charge < -0.3 is 14.5 Å². The summed E-state index contributed by atoms with van der Waals surface area (Å²) in [6.45, 7) is 0. The Bertz CT molecular complexity index is 1150. The lowest BCUT2D eigenvalue weighted by atomic mass is 10.2. The predicted molar refractivity (Wildman–Crippen MR) is 113 cm³/mol. The maximum atomic E-state index is 12.2. The topological polar surface area (TPSA) is 138 Å². The van der Waals surface area contributed by atoms with Crippen LogP contribution in [0.1, 0.15) is 5.76 Å². The number of halogens is 1. The number of rotatable bonds is 7. The molecule has 3 aromatic rings. The minimum absolute atomic E-state index is 0.129. The van der Waals surface area contributed by atoms with Crippen LogP contribution >= 0.6 is 11.6 Å². The average molecular weight is 444 g/mol. The normalized spacial score (nSPS) is 10.8. The van der Waals surface area contributed by atoms with Crippen molar-refractivity contribution in [2.75, 3.05) is 12.4 Å². The van der Waals surface area contributed by atoms with E-state index in [1.165, 1.54) is 6.08 Å². The van der Waals surface area contributed by atoms with Crippen LogP contribution in [0.5, 0.6) is 5.75 Å². The SMILES string of the molecule is COc1c([N+](=O)[O-])cc(NC(=O)/C=C/c2ccc(-c3ccc(Cl)cc3)o2)cc1[N+](=O)[O-]. The molecule has 0 spiro atoms. The molecule has 0 radical (unpaired) electrons. The van der Waals surface area contributed by atoms with E-state index in [0.29, 0.717) is 16.5 Å². The van der Waals surface area contributed by atoms with Gasteiger partial charge in [-0.2, -0.15) is 0 Å². The van der Waals surface area contributed by atoms with Gasteiger partial charge in [0.15, 0.2) is 0 Å². The average Bonchev–Trinajstić information content (AvgIpc) is 3.21. The first-order valence-electron chi connectivity index (χ1n) is 8.64. The van der Waals surface area contributed by atoms with Crippen LogP contribution in [0.2, 0.25) is 5.02 Å². The predicted octanol–water partition coefficient (Wildman–Crippen LogP) is 5.08. The molecule has 0 fully saturated rings. The highest BCUT2D eigenvalue weighted by Crippen LogP contribution is 2.39. The molecule has 0 bridgehead atoms. The second-order valence-electron chi connectivity index (χ2n) is 6.09. The Hall–Kier alpha value is -4.18. The van der Waals surface area contributed by atoms with Gasteiger partial charge in [0.05, 0.1) is 22.6 Å². The number of ether oxygens (including phenoxy) is 1. The van der Waals surface area contributed by atoms with E-state index in [0.717, 1.165) is 30.9 Å². The van der Waals surface area contributed by atoms with Gasteiger partial charge >= 0.3 is 11.4 Å². The largest absolute Gasteiger partial charge is 0.485 e. The molecule has 2 aromatic carbocycles. The van der Waals surface area contributed by atoms with Crippen molar-refractivity contribution in [2.45, 2.75) is 0 Å². The number of nitrogens with one attached hydrogen (secondary N) is 1. The van der Waals surface area contributed by atoms with E-state index in [2.05, 4.69) is 5.32 Å². The third kappa shape index (κ3) is 5.06. The van der Waals surface area contributed by atoms with E-state index >= 15 is 0 Å². The zero-order valence-corrected chi connectivity index (χ0v) is 16.7. The Morgan fingerprint density at radius 2 is 1.68 bits per heavy atom. The molecule has 31 heavy (non-hydrogen) atoms. The fourth-order valence-corrected chi connectivity index (χ4v) is 2.83. The van der Waals surface area contributed by atoms with Crippen molar-refractivity contribution < 1.29 is 23.8 Å². The van der Waals surface area contributed by atoms with Crippen molar-refractivity contribution >= 4 is 40.6 Å². The van der Waals surface area contributed by atoms with Crippen LogP contribution in [-0.4, -0.2) is 22.9 Å². The summed E-state index contributed by atoms with van der Waals surface area (Å²) < 4.78 is 10.4. The van der Waals surface area contributed by atoms with E-state index < -0.39 is 32.9 Å². The molecule has 0 saturated heterocycles. The number of nitro benzene ring substituents is 2. The fourth-order valence-electron chi connectivity index (χ4n) is 2.70. The molecular weight excluding hydrogens is 430 g/mol. The van der Waals surface area contributed by atoms with E-state index in [9.17, 15) is 25.0 Å². The third-order valence-electron chi connectivity index (χ3n) is 4.07. The van der Waals surface area contributed by atoms with Crippen LogP contribution in [-0.2, 0) is 4.79 Å². The summed E-state index contributed by atoms with van der Waals surface area (Å²) >= 11 is 5.86. The molecule has 0 saturated carbocycles. The van der Waals surface area contributed by atoms with E-state index in [-0.39, 0.29) is 5.69 Å². The van der Waals surface area contributed by atoms with Gasteiger partial charge in [0.1, 0.15) is 11.5 Å². The van der Waals surface area contributed by atoms with Gasteiger partial charge in [0, 0.05) is 28.8 Å². The van der Waals surface area contributed by atoms with Crippen molar-refractivity contribution in [3.8, 4) is 17.1 Å². The Kier molecular flexibility index (Phi) is 6.32. The number of carbonyl (C=O) groups excluding carboxylic acids is 1. The molecule has 0 aliphatic carbocycles. The Balaban J connectivity index is 1.78. The second kappa shape index (κ2) is 9.09. The molecule has 1 heterocycles.